The molecule has 196 valence electrons. The third-order valence-corrected chi connectivity index (χ3v) is 8.17. The molecule has 2 amide bonds. The summed E-state index contributed by atoms with van der Waals surface area (Å²) in [5.74, 6) is -3.87. The fourth-order valence-electron chi connectivity index (χ4n) is 3.33. The third kappa shape index (κ3) is 5.15. The van der Waals surface area contributed by atoms with Crippen LogP contribution >= 0.6 is 34.9 Å². The Labute approximate surface area is 218 Å². The SMILES string of the molecule is Cn1nnnc1SCC1=C(C(=O)O)N2C(=O)[C@@H](NC(=O)C(=NOCC(=O)O)c3csc(=N)n3O)[C@@H]2SC1. The van der Waals surface area contributed by atoms with Crippen LogP contribution in [-0.2, 0) is 31.1 Å². The number of nitrogens with one attached hydrogen (secondary N) is 2. The largest absolute Gasteiger partial charge is 0.479 e. The number of carbonyl (C=O) groups excluding carboxylic acids is 2. The molecule has 1 fully saturated rings. The molecule has 37 heavy (non-hydrogen) atoms. The van der Waals surface area contributed by atoms with E-state index in [1.165, 1.54) is 33.6 Å². The number of aryl methyl sites for hydroxylation is 1. The van der Waals surface area contributed by atoms with Crippen LogP contribution in [0.1, 0.15) is 5.69 Å². The van der Waals surface area contributed by atoms with Crippen LogP contribution < -0.4 is 10.1 Å². The van der Waals surface area contributed by atoms with E-state index >= 15 is 0 Å². The molecule has 5 N–H and O–H groups in total. The molecule has 0 bridgehead atoms. The maximum atomic E-state index is 13.0. The van der Waals surface area contributed by atoms with Crippen LogP contribution in [0.25, 0.3) is 0 Å². The number of carbonyl (C=O) groups is 4. The van der Waals surface area contributed by atoms with E-state index in [2.05, 4.69) is 30.8 Å². The normalized spacial score (nSPS) is 19.3. The molecule has 0 aliphatic carbocycles. The second-order valence-electron chi connectivity index (χ2n) is 7.34. The van der Waals surface area contributed by atoms with Crippen molar-refractivity contribution in [2.45, 2.75) is 16.6 Å². The third-order valence-electron chi connectivity index (χ3n) is 5.00. The van der Waals surface area contributed by atoms with Gasteiger partial charge >= 0.3 is 11.9 Å². The Balaban J connectivity index is 1.52. The molecule has 0 saturated carbocycles. The number of rotatable bonds is 10. The monoisotopic (exact) mass is 571 g/mol. The molecule has 2 aromatic heterocycles. The van der Waals surface area contributed by atoms with Crippen molar-refractivity contribution < 1.29 is 39.4 Å². The first kappa shape index (κ1) is 26.2. The summed E-state index contributed by atoms with van der Waals surface area (Å²) in [7, 11) is 1.64. The zero-order valence-corrected chi connectivity index (χ0v) is 21.0. The zero-order chi connectivity index (χ0) is 26.9. The minimum atomic E-state index is -1.37. The first-order chi connectivity index (χ1) is 17.6. The van der Waals surface area contributed by atoms with Crippen LogP contribution in [0.2, 0.25) is 0 Å². The van der Waals surface area contributed by atoms with Crippen LogP contribution in [0.15, 0.2) is 27.0 Å². The Morgan fingerprint density at radius 3 is 2.73 bits per heavy atom. The van der Waals surface area contributed by atoms with Crippen LogP contribution in [0.5, 0.6) is 0 Å². The average Bonchev–Trinajstić information content (AvgIpc) is 3.42. The van der Waals surface area contributed by atoms with Gasteiger partial charge in [0, 0.05) is 23.9 Å². The maximum Gasteiger partial charge on any atom is 0.352 e. The number of aliphatic carboxylic acids is 2. The second kappa shape index (κ2) is 10.6. The molecule has 20 heteroatoms. The smallest absolute Gasteiger partial charge is 0.352 e. The average molecular weight is 572 g/mol. The summed E-state index contributed by atoms with van der Waals surface area (Å²) >= 11 is 3.21. The van der Waals surface area contributed by atoms with Crippen molar-refractivity contribution in [3.05, 3.63) is 27.1 Å². The highest BCUT2D eigenvalue weighted by atomic mass is 32.2. The molecule has 4 heterocycles. The molecular formula is C17H17N9O8S3. The molecule has 17 nitrogen and oxygen atoms in total. The Bertz CT molecular complexity index is 1400. The lowest BCUT2D eigenvalue weighted by molar-refractivity contribution is -0.150. The van der Waals surface area contributed by atoms with Crippen molar-refractivity contribution in [2.24, 2.45) is 12.2 Å². The highest BCUT2D eigenvalue weighted by Gasteiger charge is 2.54. The molecule has 0 aromatic carbocycles. The number of nitrogens with zero attached hydrogens (tertiary/aromatic N) is 7. The summed E-state index contributed by atoms with van der Waals surface area (Å²) in [6, 6.07) is -1.13. The summed E-state index contributed by atoms with van der Waals surface area (Å²) in [6.45, 7) is -0.882. The van der Waals surface area contributed by atoms with Crippen LogP contribution in [-0.4, -0.2) is 104 Å². The van der Waals surface area contributed by atoms with E-state index in [1.54, 1.807) is 7.05 Å². The van der Waals surface area contributed by atoms with Gasteiger partial charge in [-0.25, -0.2) is 14.3 Å². The molecular weight excluding hydrogens is 554 g/mol. The highest BCUT2D eigenvalue weighted by molar-refractivity contribution is 8.01. The van der Waals surface area contributed by atoms with Gasteiger partial charge in [0.25, 0.3) is 11.8 Å². The quantitative estimate of drug-likeness (QED) is 0.0691. The Hall–Kier alpha value is -3.91. The molecule has 0 unspecified atom stereocenters. The van der Waals surface area contributed by atoms with Crippen LogP contribution in [0, 0.1) is 5.41 Å². The lowest BCUT2D eigenvalue weighted by Crippen LogP contribution is -2.71. The number of carboxylic acid groups (broad SMARTS) is 2. The number of fused-ring (bicyclic) bond motifs is 1. The van der Waals surface area contributed by atoms with Gasteiger partial charge in [-0.1, -0.05) is 16.9 Å². The summed E-state index contributed by atoms with van der Waals surface area (Å²) in [6.07, 6.45) is 0. The molecule has 2 atom stereocenters. The zero-order valence-electron chi connectivity index (χ0n) is 18.6. The van der Waals surface area contributed by atoms with Crippen molar-refractivity contribution in [3.63, 3.8) is 0 Å². The number of tetrazole rings is 1. The van der Waals surface area contributed by atoms with Gasteiger partial charge in [0.1, 0.15) is 22.8 Å². The standard InChI is InChI=1S/C17H17N9O8S3/c1-24-17(20-22-23-24)37-4-6-3-35-14-10(13(30)25(14)11(6)15(31)32)19-12(29)9(21-34-2-8(27)28)7-5-36-16(18)26(7)33/h5,10,14,18,33H,2-4H2,1H3,(H,19,29)(H,27,28)(H,31,32)/t10-,14+/m1/s1. The lowest BCUT2D eigenvalue weighted by atomic mass is 10.0. The molecule has 2 aliphatic heterocycles. The fraction of sp³-hybridized carbons (Fsp3) is 0.353. The van der Waals surface area contributed by atoms with Crippen molar-refractivity contribution in [1.29, 1.82) is 5.41 Å². The highest BCUT2D eigenvalue weighted by Crippen LogP contribution is 2.41. The predicted octanol–water partition coefficient (Wildman–Crippen LogP) is -1.87. The van der Waals surface area contributed by atoms with E-state index in [-0.39, 0.29) is 27.7 Å². The van der Waals surface area contributed by atoms with E-state index in [9.17, 15) is 29.5 Å². The molecule has 4 rings (SSSR count). The van der Waals surface area contributed by atoms with Gasteiger partial charge in [-0.05, 0) is 16.0 Å². The number of aromatic nitrogens is 5. The van der Waals surface area contributed by atoms with E-state index in [0.717, 1.165) is 16.2 Å². The van der Waals surface area contributed by atoms with Crippen LogP contribution in [0.3, 0.4) is 0 Å². The van der Waals surface area contributed by atoms with E-state index in [0.29, 0.717) is 15.5 Å². The molecule has 2 aromatic rings. The fourth-order valence-corrected chi connectivity index (χ4v) is 6.30. The summed E-state index contributed by atoms with van der Waals surface area (Å²) in [4.78, 5) is 54.0. The number of oxime groups is 1. The first-order valence-electron chi connectivity index (χ1n) is 10.0. The van der Waals surface area contributed by atoms with Gasteiger partial charge in [0.2, 0.25) is 16.6 Å². The molecule has 2 aliphatic rings. The topological polar surface area (TPSA) is 238 Å². The second-order valence-corrected chi connectivity index (χ2v) is 10.2. The minimum Gasteiger partial charge on any atom is -0.479 e. The van der Waals surface area contributed by atoms with Crippen molar-refractivity contribution >= 4 is 64.3 Å². The van der Waals surface area contributed by atoms with Crippen molar-refractivity contribution in [1.82, 2.24) is 35.2 Å². The van der Waals surface area contributed by atoms with Gasteiger partial charge in [0.15, 0.2) is 5.71 Å². The lowest BCUT2D eigenvalue weighted by Gasteiger charge is -2.49. The van der Waals surface area contributed by atoms with Crippen LogP contribution in [0.4, 0.5) is 0 Å². The number of hydrogen-bond acceptors (Lipinski definition) is 14. The maximum absolute atomic E-state index is 13.0. The summed E-state index contributed by atoms with van der Waals surface area (Å²) < 4.78 is 1.77. The number of carboxylic acids is 2. The van der Waals surface area contributed by atoms with Gasteiger partial charge in [-0.3, -0.25) is 19.9 Å². The Kier molecular flexibility index (Phi) is 7.50. The molecule has 0 spiro atoms. The van der Waals surface area contributed by atoms with Gasteiger partial charge < -0.3 is 25.6 Å². The van der Waals surface area contributed by atoms with Crippen molar-refractivity contribution in [3.8, 4) is 0 Å². The number of thioether (sulfide) groups is 2. The van der Waals surface area contributed by atoms with Gasteiger partial charge in [-0.2, -0.15) is 4.73 Å². The first-order valence-corrected chi connectivity index (χ1v) is 12.9. The van der Waals surface area contributed by atoms with Gasteiger partial charge in [-0.15, -0.1) is 28.2 Å². The summed E-state index contributed by atoms with van der Waals surface area (Å²) in [5.41, 5.74) is -0.548. The Morgan fingerprint density at radius 2 is 2.14 bits per heavy atom. The van der Waals surface area contributed by atoms with E-state index in [4.69, 9.17) is 10.5 Å². The number of hydrogen-bond donors (Lipinski definition) is 5. The number of β-lactam (4-membered cyclic amide) rings is 1. The minimum absolute atomic E-state index is 0.189. The van der Waals surface area contributed by atoms with Crippen molar-refractivity contribution in [2.75, 3.05) is 18.1 Å². The number of thiazole rings is 1. The van der Waals surface area contributed by atoms with Gasteiger partial charge in [0.05, 0.1) is 0 Å². The molecule has 0 radical (unpaired) electrons. The molecule has 1 saturated heterocycles. The summed E-state index contributed by atoms with van der Waals surface area (Å²) in [5, 5.41) is 54.1. The Morgan fingerprint density at radius 1 is 1.38 bits per heavy atom. The predicted molar refractivity (Wildman–Crippen MR) is 125 cm³/mol. The van der Waals surface area contributed by atoms with E-state index in [1.807, 2.05) is 0 Å². The van der Waals surface area contributed by atoms with E-state index < -0.39 is 47.5 Å². The number of amides is 2.